The molecule has 2 aliphatic rings. The highest BCUT2D eigenvalue weighted by atomic mass is 16.5. The number of nitrogens with zero attached hydrogens (tertiary/aromatic N) is 1. The van der Waals surface area contributed by atoms with E-state index in [0.717, 1.165) is 0 Å². The summed E-state index contributed by atoms with van der Waals surface area (Å²) in [7, 11) is 0. The van der Waals surface area contributed by atoms with Gasteiger partial charge in [0.1, 0.15) is 11.5 Å². The third-order valence-electron chi connectivity index (χ3n) is 4.62. The van der Waals surface area contributed by atoms with Gasteiger partial charge in [0.15, 0.2) is 12.2 Å². The monoisotopic (exact) mass is 381 g/mol. The standard InChI is InChI=1S/C20H19N3O5/c1-11-19(25)22-14-9-13(7-8-16(14)27-11)21-20(26)18-10-23(12(2)24)15-5-3-4-6-17(15)28-18/h3-9,11,18H,10H2,1-2H3,(H,21,26)(H,22,25). The first kappa shape index (κ1) is 17.8. The minimum absolute atomic E-state index is 0.112. The van der Waals surface area contributed by atoms with Gasteiger partial charge >= 0.3 is 0 Å². The molecule has 8 nitrogen and oxygen atoms in total. The van der Waals surface area contributed by atoms with Crippen LogP contribution in [0.1, 0.15) is 13.8 Å². The molecule has 4 rings (SSSR count). The van der Waals surface area contributed by atoms with Gasteiger partial charge in [0.25, 0.3) is 11.8 Å². The van der Waals surface area contributed by atoms with E-state index in [1.807, 2.05) is 6.07 Å². The minimum atomic E-state index is -0.860. The van der Waals surface area contributed by atoms with E-state index in [9.17, 15) is 14.4 Å². The van der Waals surface area contributed by atoms with Crippen molar-refractivity contribution in [2.45, 2.75) is 26.1 Å². The number of ether oxygens (including phenoxy) is 2. The Morgan fingerprint density at radius 3 is 2.71 bits per heavy atom. The van der Waals surface area contributed by atoms with E-state index < -0.39 is 18.1 Å². The summed E-state index contributed by atoms with van der Waals surface area (Å²) in [6, 6.07) is 12.1. The highest BCUT2D eigenvalue weighted by Crippen LogP contribution is 2.34. The smallest absolute Gasteiger partial charge is 0.267 e. The molecular formula is C20H19N3O5. The Hall–Kier alpha value is -3.55. The number of para-hydroxylation sites is 2. The SMILES string of the molecule is CC(=O)N1CC(C(=O)Nc2ccc3c(c2)NC(=O)C(C)O3)Oc2ccccc21. The molecular weight excluding hydrogens is 362 g/mol. The number of fused-ring (bicyclic) bond motifs is 2. The highest BCUT2D eigenvalue weighted by molar-refractivity contribution is 6.01. The van der Waals surface area contributed by atoms with E-state index in [-0.39, 0.29) is 18.4 Å². The summed E-state index contributed by atoms with van der Waals surface area (Å²) in [5.74, 6) is 0.202. The Kier molecular flexibility index (Phi) is 4.38. The first-order valence-electron chi connectivity index (χ1n) is 8.88. The summed E-state index contributed by atoms with van der Waals surface area (Å²) in [5.41, 5.74) is 1.61. The Bertz CT molecular complexity index is 974. The van der Waals surface area contributed by atoms with Crippen molar-refractivity contribution >= 4 is 34.8 Å². The number of anilines is 3. The molecule has 144 valence electrons. The van der Waals surface area contributed by atoms with Crippen LogP contribution < -0.4 is 25.0 Å². The molecule has 0 saturated heterocycles. The Morgan fingerprint density at radius 1 is 1.14 bits per heavy atom. The van der Waals surface area contributed by atoms with Crippen LogP contribution in [0.4, 0.5) is 17.1 Å². The lowest BCUT2D eigenvalue weighted by atomic mass is 10.1. The van der Waals surface area contributed by atoms with Crippen LogP contribution in [-0.2, 0) is 14.4 Å². The van der Waals surface area contributed by atoms with E-state index in [2.05, 4.69) is 10.6 Å². The van der Waals surface area contributed by atoms with Gasteiger partial charge in [-0.05, 0) is 37.3 Å². The molecule has 0 saturated carbocycles. The van der Waals surface area contributed by atoms with Crippen LogP contribution in [0.15, 0.2) is 42.5 Å². The average Bonchev–Trinajstić information content (AvgIpc) is 2.68. The number of nitrogens with one attached hydrogen (secondary N) is 2. The molecule has 0 aliphatic carbocycles. The number of benzene rings is 2. The van der Waals surface area contributed by atoms with Crippen molar-refractivity contribution in [3.63, 3.8) is 0 Å². The van der Waals surface area contributed by atoms with Crippen LogP contribution >= 0.6 is 0 Å². The van der Waals surface area contributed by atoms with Crippen LogP contribution in [-0.4, -0.2) is 36.5 Å². The van der Waals surface area contributed by atoms with Gasteiger partial charge in [-0.3, -0.25) is 14.4 Å². The molecule has 0 radical (unpaired) electrons. The van der Waals surface area contributed by atoms with Gasteiger partial charge in [-0.2, -0.15) is 0 Å². The van der Waals surface area contributed by atoms with Crippen LogP contribution in [0.3, 0.4) is 0 Å². The fourth-order valence-corrected chi connectivity index (χ4v) is 3.18. The molecule has 2 N–H and O–H groups in total. The van der Waals surface area contributed by atoms with Crippen LogP contribution in [0.5, 0.6) is 11.5 Å². The number of carbonyl (C=O) groups excluding carboxylic acids is 3. The van der Waals surface area contributed by atoms with Gasteiger partial charge in [0.05, 0.1) is 17.9 Å². The first-order valence-corrected chi connectivity index (χ1v) is 8.88. The highest BCUT2D eigenvalue weighted by Gasteiger charge is 2.33. The fraction of sp³-hybridized carbons (Fsp3) is 0.250. The average molecular weight is 381 g/mol. The number of rotatable bonds is 2. The second-order valence-corrected chi connectivity index (χ2v) is 6.65. The van der Waals surface area contributed by atoms with Gasteiger partial charge in [-0.25, -0.2) is 0 Å². The topological polar surface area (TPSA) is 97.0 Å². The van der Waals surface area contributed by atoms with E-state index in [1.54, 1.807) is 43.3 Å². The lowest BCUT2D eigenvalue weighted by molar-refractivity contribution is -0.124. The van der Waals surface area contributed by atoms with Crippen molar-refractivity contribution in [1.29, 1.82) is 0 Å². The van der Waals surface area contributed by atoms with Gasteiger partial charge < -0.3 is 25.0 Å². The molecule has 0 bridgehead atoms. The van der Waals surface area contributed by atoms with Crippen molar-refractivity contribution in [2.24, 2.45) is 0 Å². The fourth-order valence-electron chi connectivity index (χ4n) is 3.18. The molecule has 2 atom stereocenters. The van der Waals surface area contributed by atoms with Crippen LogP contribution in [0.2, 0.25) is 0 Å². The zero-order valence-electron chi connectivity index (χ0n) is 15.4. The number of hydrogen-bond donors (Lipinski definition) is 2. The Balaban J connectivity index is 1.52. The maximum atomic E-state index is 12.7. The van der Waals surface area contributed by atoms with E-state index in [0.29, 0.717) is 28.6 Å². The van der Waals surface area contributed by atoms with Crippen molar-refractivity contribution in [3.8, 4) is 11.5 Å². The third-order valence-corrected chi connectivity index (χ3v) is 4.62. The van der Waals surface area contributed by atoms with E-state index >= 15 is 0 Å². The minimum Gasteiger partial charge on any atom is -0.479 e. The second kappa shape index (κ2) is 6.88. The number of hydrogen-bond acceptors (Lipinski definition) is 5. The van der Waals surface area contributed by atoms with Crippen LogP contribution in [0, 0.1) is 0 Å². The summed E-state index contributed by atoms with van der Waals surface area (Å²) in [6.07, 6.45) is -1.43. The Morgan fingerprint density at radius 2 is 1.93 bits per heavy atom. The molecule has 3 amide bonds. The predicted octanol–water partition coefficient (Wildman–Crippen LogP) is 2.16. The maximum Gasteiger partial charge on any atom is 0.267 e. The lowest BCUT2D eigenvalue weighted by Gasteiger charge is -2.33. The number of amides is 3. The summed E-state index contributed by atoms with van der Waals surface area (Å²) < 4.78 is 11.3. The first-order chi connectivity index (χ1) is 13.4. The zero-order chi connectivity index (χ0) is 19.8. The van der Waals surface area contributed by atoms with Gasteiger partial charge in [0, 0.05) is 12.6 Å². The largest absolute Gasteiger partial charge is 0.479 e. The second-order valence-electron chi connectivity index (χ2n) is 6.65. The molecule has 2 aliphatic heterocycles. The normalized spacial score (nSPS) is 20.1. The predicted molar refractivity (Wildman–Crippen MR) is 103 cm³/mol. The molecule has 2 aromatic rings. The summed E-state index contributed by atoms with van der Waals surface area (Å²) in [6.45, 7) is 3.22. The third kappa shape index (κ3) is 3.24. The maximum absolute atomic E-state index is 12.7. The van der Waals surface area contributed by atoms with E-state index in [1.165, 1.54) is 11.8 Å². The molecule has 0 aromatic heterocycles. The summed E-state index contributed by atoms with van der Waals surface area (Å²) >= 11 is 0. The lowest BCUT2D eigenvalue weighted by Crippen LogP contribution is -2.48. The molecule has 0 fully saturated rings. The van der Waals surface area contributed by atoms with Crippen LogP contribution in [0.25, 0.3) is 0 Å². The van der Waals surface area contributed by atoms with Gasteiger partial charge in [-0.15, -0.1) is 0 Å². The summed E-state index contributed by atoms with van der Waals surface area (Å²) in [5, 5.41) is 5.51. The van der Waals surface area contributed by atoms with Crippen molar-refractivity contribution in [3.05, 3.63) is 42.5 Å². The van der Waals surface area contributed by atoms with Gasteiger partial charge in [-0.1, -0.05) is 12.1 Å². The van der Waals surface area contributed by atoms with Gasteiger partial charge in [0.2, 0.25) is 5.91 Å². The number of carbonyl (C=O) groups is 3. The molecule has 2 heterocycles. The molecule has 8 heteroatoms. The van der Waals surface area contributed by atoms with Crippen molar-refractivity contribution in [2.75, 3.05) is 22.1 Å². The van der Waals surface area contributed by atoms with Crippen molar-refractivity contribution in [1.82, 2.24) is 0 Å². The molecule has 0 spiro atoms. The Labute approximate surface area is 161 Å². The van der Waals surface area contributed by atoms with E-state index in [4.69, 9.17) is 9.47 Å². The quantitative estimate of drug-likeness (QED) is 0.831. The summed E-state index contributed by atoms with van der Waals surface area (Å²) in [4.78, 5) is 38.0. The van der Waals surface area contributed by atoms with Crippen molar-refractivity contribution < 1.29 is 23.9 Å². The molecule has 2 unspecified atom stereocenters. The molecule has 28 heavy (non-hydrogen) atoms. The molecule has 2 aromatic carbocycles. The zero-order valence-corrected chi connectivity index (χ0v) is 15.4.